The van der Waals surface area contributed by atoms with Crippen LogP contribution in [0.1, 0.15) is 44.9 Å². The molecule has 8 heteroatoms. The summed E-state index contributed by atoms with van der Waals surface area (Å²) < 4.78 is 25.0. The Morgan fingerprint density at radius 1 is 1.29 bits per heavy atom. The molecule has 31 heavy (non-hydrogen) atoms. The second-order valence-corrected chi connectivity index (χ2v) is 9.45. The molecular formula is C23H25FN2O4S. The van der Waals surface area contributed by atoms with Crippen LogP contribution in [0.4, 0.5) is 10.1 Å². The Balaban J connectivity index is 1.93. The summed E-state index contributed by atoms with van der Waals surface area (Å²) in [5.41, 5.74) is 0.532. The number of thiocarbonyl (C=S) groups is 1. The molecule has 0 unspecified atom stereocenters. The highest BCUT2D eigenvalue weighted by atomic mass is 32.1. The Morgan fingerprint density at radius 2 is 1.94 bits per heavy atom. The third-order valence-corrected chi connectivity index (χ3v) is 6.28. The number of hydrogen-bond acceptors (Lipinski definition) is 5. The van der Waals surface area contributed by atoms with Crippen LogP contribution in [0.5, 0.6) is 11.5 Å². The highest BCUT2D eigenvalue weighted by Crippen LogP contribution is 2.53. The highest BCUT2D eigenvalue weighted by molar-refractivity contribution is 7.80. The number of carbonyl (C=O) groups is 1. The van der Waals surface area contributed by atoms with Crippen molar-refractivity contribution in [2.75, 3.05) is 12.0 Å². The van der Waals surface area contributed by atoms with Gasteiger partial charge in [0.05, 0.1) is 13.2 Å². The van der Waals surface area contributed by atoms with E-state index in [9.17, 15) is 14.3 Å². The van der Waals surface area contributed by atoms with Crippen LogP contribution in [0, 0.1) is 11.7 Å². The van der Waals surface area contributed by atoms with Crippen molar-refractivity contribution in [3.05, 3.63) is 53.3 Å². The highest BCUT2D eigenvalue weighted by Gasteiger charge is 2.60. The van der Waals surface area contributed by atoms with Gasteiger partial charge in [0.2, 0.25) is 5.72 Å². The molecule has 4 rings (SSSR count). The van der Waals surface area contributed by atoms with Crippen molar-refractivity contribution in [2.45, 2.75) is 44.9 Å². The summed E-state index contributed by atoms with van der Waals surface area (Å²) in [5, 5.41) is 14.4. The molecule has 0 radical (unpaired) electrons. The topological polar surface area (TPSA) is 71.0 Å². The molecule has 0 amide bonds. The van der Waals surface area contributed by atoms with Gasteiger partial charge in [0.25, 0.3) is 0 Å². The molecule has 2 aliphatic heterocycles. The Labute approximate surface area is 186 Å². The number of aromatic hydroxyl groups is 1. The van der Waals surface area contributed by atoms with Gasteiger partial charge in [-0.15, -0.1) is 0 Å². The van der Waals surface area contributed by atoms with Crippen LogP contribution >= 0.6 is 12.2 Å². The second-order valence-electron chi connectivity index (χ2n) is 9.06. The van der Waals surface area contributed by atoms with Gasteiger partial charge in [-0.05, 0) is 66.5 Å². The van der Waals surface area contributed by atoms with Gasteiger partial charge in [0.1, 0.15) is 11.7 Å². The zero-order valence-electron chi connectivity index (χ0n) is 18.0. The lowest BCUT2D eigenvalue weighted by molar-refractivity contribution is -0.157. The van der Waals surface area contributed by atoms with Gasteiger partial charge in [-0.25, -0.2) is 4.39 Å². The zero-order valence-corrected chi connectivity index (χ0v) is 18.8. The monoisotopic (exact) mass is 444 g/mol. The Morgan fingerprint density at radius 3 is 2.52 bits per heavy atom. The van der Waals surface area contributed by atoms with E-state index in [-0.39, 0.29) is 16.9 Å². The summed E-state index contributed by atoms with van der Waals surface area (Å²) in [6.07, 6.45) is 0. The molecule has 0 spiro atoms. The SMILES string of the molecule is COC(=O)[C@@H]1[C@H]2NC(=S)N(c3ccc(F)cc3)[C@@]1(C)Oc1c(O)cc(C(C)(C)C)cc12. The predicted molar refractivity (Wildman–Crippen MR) is 119 cm³/mol. The first-order chi connectivity index (χ1) is 14.5. The molecule has 3 atom stereocenters. The summed E-state index contributed by atoms with van der Waals surface area (Å²) in [5.74, 6) is -1.43. The fourth-order valence-corrected chi connectivity index (χ4v) is 4.77. The Hall–Kier alpha value is -2.87. The number of phenols is 1. The van der Waals surface area contributed by atoms with Crippen LogP contribution < -0.4 is 15.0 Å². The molecule has 2 aromatic rings. The number of phenolic OH excluding ortho intramolecular Hbond substituents is 1. The maximum Gasteiger partial charge on any atom is 0.317 e. The molecular weight excluding hydrogens is 419 g/mol. The number of nitrogens with zero attached hydrogens (tertiary/aromatic N) is 1. The van der Waals surface area contributed by atoms with Gasteiger partial charge >= 0.3 is 5.97 Å². The van der Waals surface area contributed by atoms with Gasteiger partial charge in [-0.1, -0.05) is 20.8 Å². The van der Waals surface area contributed by atoms with Crippen LogP contribution in [0.2, 0.25) is 0 Å². The summed E-state index contributed by atoms with van der Waals surface area (Å²) >= 11 is 5.64. The van der Waals surface area contributed by atoms with Gasteiger partial charge in [0.15, 0.2) is 16.6 Å². The number of esters is 1. The first kappa shape index (κ1) is 21.4. The van der Waals surface area contributed by atoms with E-state index in [4.69, 9.17) is 21.7 Å². The number of fused-ring (bicyclic) bond motifs is 4. The molecule has 2 aliphatic rings. The molecule has 164 valence electrons. The van der Waals surface area contributed by atoms with Gasteiger partial charge in [-0.2, -0.15) is 0 Å². The van der Waals surface area contributed by atoms with Crippen LogP contribution in [0.25, 0.3) is 0 Å². The second kappa shape index (κ2) is 7.09. The lowest BCUT2D eigenvalue weighted by Gasteiger charge is -2.55. The summed E-state index contributed by atoms with van der Waals surface area (Å²) in [6.45, 7) is 7.83. The number of rotatable bonds is 2. The van der Waals surface area contributed by atoms with E-state index in [0.29, 0.717) is 16.4 Å². The van der Waals surface area contributed by atoms with Crippen LogP contribution in [-0.2, 0) is 14.9 Å². The predicted octanol–water partition coefficient (Wildman–Crippen LogP) is 4.16. The van der Waals surface area contributed by atoms with Crippen molar-refractivity contribution in [2.24, 2.45) is 5.92 Å². The number of halogens is 1. The third-order valence-electron chi connectivity index (χ3n) is 5.98. The quantitative estimate of drug-likeness (QED) is 0.532. The summed E-state index contributed by atoms with van der Waals surface area (Å²) in [7, 11) is 1.32. The molecule has 0 aromatic heterocycles. The minimum atomic E-state index is -1.31. The summed E-state index contributed by atoms with van der Waals surface area (Å²) in [4.78, 5) is 14.6. The molecule has 2 bridgehead atoms. The van der Waals surface area contributed by atoms with E-state index in [0.717, 1.165) is 5.56 Å². The van der Waals surface area contributed by atoms with Gasteiger partial charge < -0.3 is 19.9 Å². The van der Waals surface area contributed by atoms with E-state index in [1.165, 1.54) is 19.2 Å². The number of hydrogen-bond donors (Lipinski definition) is 2. The van der Waals surface area contributed by atoms with Gasteiger partial charge in [-0.3, -0.25) is 9.69 Å². The molecule has 1 fully saturated rings. The van der Waals surface area contributed by atoms with Crippen LogP contribution in [0.15, 0.2) is 36.4 Å². The maximum absolute atomic E-state index is 13.5. The Kier molecular flexibility index (Phi) is 4.88. The van der Waals surface area contributed by atoms with Gasteiger partial charge in [0, 0.05) is 11.3 Å². The van der Waals surface area contributed by atoms with E-state index in [1.807, 2.05) is 26.8 Å². The third kappa shape index (κ3) is 3.29. The largest absolute Gasteiger partial charge is 0.504 e. The van der Waals surface area contributed by atoms with E-state index in [1.54, 1.807) is 30.0 Å². The first-order valence-electron chi connectivity index (χ1n) is 9.98. The average molecular weight is 445 g/mol. The maximum atomic E-state index is 13.5. The molecule has 2 aromatic carbocycles. The average Bonchev–Trinajstić information content (AvgIpc) is 2.68. The minimum Gasteiger partial charge on any atom is -0.504 e. The van der Waals surface area contributed by atoms with E-state index < -0.39 is 29.5 Å². The Bertz CT molecular complexity index is 1070. The van der Waals surface area contributed by atoms with E-state index in [2.05, 4.69) is 5.32 Å². The molecule has 2 N–H and O–H groups in total. The number of benzene rings is 2. The van der Waals surface area contributed by atoms with E-state index >= 15 is 0 Å². The smallest absolute Gasteiger partial charge is 0.317 e. The summed E-state index contributed by atoms with van der Waals surface area (Å²) in [6, 6.07) is 8.78. The number of carbonyl (C=O) groups excluding carboxylic acids is 1. The zero-order chi connectivity index (χ0) is 22.7. The van der Waals surface area contributed by atoms with Crippen molar-refractivity contribution in [3.8, 4) is 11.5 Å². The fourth-order valence-electron chi connectivity index (χ4n) is 4.36. The normalized spacial score (nSPS) is 24.7. The molecule has 0 aliphatic carbocycles. The number of ether oxygens (including phenoxy) is 2. The molecule has 6 nitrogen and oxygen atoms in total. The van der Waals surface area contributed by atoms with Crippen molar-refractivity contribution in [1.29, 1.82) is 0 Å². The van der Waals surface area contributed by atoms with Crippen molar-refractivity contribution in [1.82, 2.24) is 5.32 Å². The number of methoxy groups -OCH3 is 1. The minimum absolute atomic E-state index is 0.0179. The lowest BCUT2D eigenvalue weighted by atomic mass is 9.77. The first-order valence-corrected chi connectivity index (χ1v) is 10.4. The van der Waals surface area contributed by atoms with Crippen LogP contribution in [-0.4, -0.2) is 29.0 Å². The standard InChI is InChI=1S/C23H25FN2O4S/c1-22(2,3)12-10-15-18-17(20(28)29-5)23(4,30-19(15)16(27)11-12)26(21(31)25-18)14-8-6-13(24)7-9-14/h6-11,17-18,27H,1-5H3,(H,25,31)/t17-,18-,23-/m0/s1. The van der Waals surface area contributed by atoms with Crippen molar-refractivity contribution < 1.29 is 23.8 Å². The molecule has 0 saturated carbocycles. The molecule has 1 saturated heterocycles. The lowest BCUT2D eigenvalue weighted by Crippen LogP contribution is -2.71. The van der Waals surface area contributed by atoms with Crippen molar-refractivity contribution >= 4 is 29.0 Å². The van der Waals surface area contributed by atoms with Crippen molar-refractivity contribution in [3.63, 3.8) is 0 Å². The van der Waals surface area contributed by atoms with Crippen LogP contribution in [0.3, 0.4) is 0 Å². The number of anilines is 1. The molecule has 2 heterocycles. The number of nitrogens with one attached hydrogen (secondary N) is 1. The fraction of sp³-hybridized carbons (Fsp3) is 0.391.